The van der Waals surface area contributed by atoms with Crippen LogP contribution >= 0.6 is 11.3 Å². The third-order valence-corrected chi connectivity index (χ3v) is 5.62. The van der Waals surface area contributed by atoms with E-state index in [-0.39, 0.29) is 17.4 Å². The zero-order valence-electron chi connectivity index (χ0n) is 15.6. The van der Waals surface area contributed by atoms with Crippen molar-refractivity contribution in [2.75, 3.05) is 25.5 Å². The number of pyridine rings is 1. The lowest BCUT2D eigenvalue weighted by Gasteiger charge is -2.27. The van der Waals surface area contributed by atoms with Crippen molar-refractivity contribution in [1.29, 1.82) is 0 Å². The first kappa shape index (κ1) is 18.8. The highest BCUT2D eigenvalue weighted by atomic mass is 32.1. The van der Waals surface area contributed by atoms with Gasteiger partial charge in [0, 0.05) is 36.5 Å². The summed E-state index contributed by atoms with van der Waals surface area (Å²) in [6.07, 6.45) is 5.41. The summed E-state index contributed by atoms with van der Waals surface area (Å²) >= 11 is 1.44. The summed E-state index contributed by atoms with van der Waals surface area (Å²) in [4.78, 5) is 31.9. The summed E-state index contributed by atoms with van der Waals surface area (Å²) in [5.74, 6) is 0.518. The molecule has 26 heavy (non-hydrogen) atoms. The monoisotopic (exact) mass is 374 g/mol. The van der Waals surface area contributed by atoms with Gasteiger partial charge in [0.15, 0.2) is 5.13 Å². The number of aromatic nitrogens is 2. The van der Waals surface area contributed by atoms with Gasteiger partial charge in [-0.15, -0.1) is 0 Å². The van der Waals surface area contributed by atoms with Gasteiger partial charge in [-0.3, -0.25) is 9.59 Å². The van der Waals surface area contributed by atoms with Crippen molar-refractivity contribution in [2.24, 2.45) is 11.8 Å². The molecule has 0 radical (unpaired) electrons. The predicted octanol–water partition coefficient (Wildman–Crippen LogP) is 2.91. The number of nitrogens with zero attached hydrogens (tertiary/aromatic N) is 3. The molecular weight excluding hydrogens is 348 g/mol. The maximum Gasteiger partial charge on any atom is 0.250 e. The summed E-state index contributed by atoms with van der Waals surface area (Å²) in [6.45, 7) is 6.77. The Bertz CT molecular complexity index is 819. The lowest BCUT2D eigenvalue weighted by molar-refractivity contribution is -0.121. The van der Waals surface area contributed by atoms with E-state index in [0.29, 0.717) is 17.6 Å². The highest BCUT2D eigenvalue weighted by Gasteiger charge is 2.24. The standard InChI is InChI=1S/C19H26N4O2S/c1-13(2)11-23-12-15(4-5-17(23)24)16-10-20-19(26-16)21-18(25)14-6-8-22(3)9-7-14/h4-5,10,12-14H,6-9,11H2,1-3H3,(H,20,21,25). The second-order valence-corrected chi connectivity index (χ2v) is 8.43. The number of carbonyl (C=O) groups excluding carboxylic acids is 1. The highest BCUT2D eigenvalue weighted by molar-refractivity contribution is 7.19. The fourth-order valence-corrected chi connectivity index (χ4v) is 3.97. The van der Waals surface area contributed by atoms with Gasteiger partial charge in [0.25, 0.3) is 5.56 Å². The molecule has 7 heteroatoms. The van der Waals surface area contributed by atoms with Gasteiger partial charge in [-0.05, 0) is 45.0 Å². The molecule has 3 heterocycles. The van der Waals surface area contributed by atoms with Gasteiger partial charge in [-0.25, -0.2) is 4.98 Å². The zero-order valence-corrected chi connectivity index (χ0v) is 16.4. The van der Waals surface area contributed by atoms with E-state index in [1.165, 1.54) is 11.3 Å². The Morgan fingerprint density at radius 1 is 1.35 bits per heavy atom. The topological polar surface area (TPSA) is 67.2 Å². The van der Waals surface area contributed by atoms with Crippen LogP contribution in [0, 0.1) is 11.8 Å². The molecule has 0 bridgehead atoms. The minimum Gasteiger partial charge on any atom is -0.315 e. The van der Waals surface area contributed by atoms with Crippen LogP contribution in [0.3, 0.4) is 0 Å². The number of carbonyl (C=O) groups is 1. The average molecular weight is 375 g/mol. The van der Waals surface area contributed by atoms with Crippen molar-refractivity contribution >= 4 is 22.4 Å². The Balaban J connectivity index is 1.70. The predicted molar refractivity (Wildman–Crippen MR) is 105 cm³/mol. The van der Waals surface area contributed by atoms with Gasteiger partial charge in [-0.1, -0.05) is 25.2 Å². The first-order chi connectivity index (χ1) is 12.4. The van der Waals surface area contributed by atoms with Crippen LogP contribution in [0.5, 0.6) is 0 Å². The zero-order chi connectivity index (χ0) is 18.7. The molecule has 140 valence electrons. The van der Waals surface area contributed by atoms with E-state index in [1.54, 1.807) is 16.8 Å². The Kier molecular flexibility index (Phi) is 5.88. The maximum absolute atomic E-state index is 12.4. The van der Waals surface area contributed by atoms with Crippen molar-refractivity contribution < 1.29 is 4.79 Å². The Morgan fingerprint density at radius 2 is 2.08 bits per heavy atom. The molecule has 0 saturated carbocycles. The number of amides is 1. The normalized spacial score (nSPS) is 16.2. The van der Waals surface area contributed by atoms with Gasteiger partial charge in [0.1, 0.15) is 0 Å². The molecule has 0 aromatic carbocycles. The number of thiazole rings is 1. The van der Waals surface area contributed by atoms with E-state index in [2.05, 4.69) is 36.1 Å². The minimum atomic E-state index is 0.00255. The lowest BCUT2D eigenvalue weighted by Crippen LogP contribution is -2.35. The van der Waals surface area contributed by atoms with Crippen molar-refractivity contribution in [2.45, 2.75) is 33.2 Å². The van der Waals surface area contributed by atoms with E-state index in [0.717, 1.165) is 36.4 Å². The fourth-order valence-electron chi connectivity index (χ4n) is 3.16. The van der Waals surface area contributed by atoms with Gasteiger partial charge < -0.3 is 14.8 Å². The largest absolute Gasteiger partial charge is 0.315 e. The summed E-state index contributed by atoms with van der Waals surface area (Å²) in [7, 11) is 2.08. The first-order valence-electron chi connectivity index (χ1n) is 9.08. The molecular formula is C19H26N4O2S. The third kappa shape index (κ3) is 4.59. The summed E-state index contributed by atoms with van der Waals surface area (Å²) in [6, 6.07) is 3.41. The fraction of sp³-hybridized carbons (Fsp3) is 0.526. The van der Waals surface area contributed by atoms with Crippen molar-refractivity contribution in [3.8, 4) is 10.4 Å². The summed E-state index contributed by atoms with van der Waals surface area (Å²) < 4.78 is 1.73. The average Bonchev–Trinajstić information content (AvgIpc) is 3.05. The number of piperidine rings is 1. The number of anilines is 1. The molecule has 1 aliphatic rings. The van der Waals surface area contributed by atoms with E-state index < -0.39 is 0 Å². The Morgan fingerprint density at radius 3 is 2.77 bits per heavy atom. The van der Waals surface area contributed by atoms with Crippen LogP contribution in [0.2, 0.25) is 0 Å². The van der Waals surface area contributed by atoms with Crippen LogP contribution in [0.4, 0.5) is 5.13 Å². The van der Waals surface area contributed by atoms with E-state index >= 15 is 0 Å². The number of rotatable bonds is 5. The second-order valence-electron chi connectivity index (χ2n) is 7.40. The SMILES string of the molecule is CC(C)Cn1cc(-c2cnc(NC(=O)C3CCN(C)CC3)s2)ccc1=O. The quantitative estimate of drug-likeness (QED) is 0.874. The molecule has 1 amide bonds. The lowest BCUT2D eigenvalue weighted by atomic mass is 9.96. The smallest absolute Gasteiger partial charge is 0.250 e. The number of hydrogen-bond donors (Lipinski definition) is 1. The molecule has 2 aromatic heterocycles. The molecule has 0 aliphatic carbocycles. The number of nitrogens with one attached hydrogen (secondary N) is 1. The molecule has 0 unspecified atom stereocenters. The van der Waals surface area contributed by atoms with Gasteiger partial charge in [0.2, 0.25) is 5.91 Å². The van der Waals surface area contributed by atoms with Crippen LogP contribution in [0.25, 0.3) is 10.4 Å². The summed E-state index contributed by atoms with van der Waals surface area (Å²) in [5, 5.41) is 3.57. The molecule has 1 saturated heterocycles. The maximum atomic E-state index is 12.4. The molecule has 3 rings (SSSR count). The number of likely N-dealkylation sites (tertiary alicyclic amines) is 1. The molecule has 0 spiro atoms. The molecule has 1 aliphatic heterocycles. The van der Waals surface area contributed by atoms with Crippen LogP contribution in [0.15, 0.2) is 29.3 Å². The molecule has 0 atom stereocenters. The second kappa shape index (κ2) is 8.14. The van der Waals surface area contributed by atoms with E-state index in [1.807, 2.05) is 12.3 Å². The van der Waals surface area contributed by atoms with Crippen molar-refractivity contribution in [1.82, 2.24) is 14.5 Å². The third-order valence-electron chi connectivity index (χ3n) is 4.66. The Hall–Kier alpha value is -1.99. The van der Waals surface area contributed by atoms with Crippen molar-refractivity contribution in [3.63, 3.8) is 0 Å². The summed E-state index contributed by atoms with van der Waals surface area (Å²) in [5.41, 5.74) is 0.949. The van der Waals surface area contributed by atoms with Crippen LogP contribution in [0.1, 0.15) is 26.7 Å². The van der Waals surface area contributed by atoms with Crippen LogP contribution in [-0.4, -0.2) is 40.5 Å². The van der Waals surface area contributed by atoms with Crippen LogP contribution < -0.4 is 10.9 Å². The molecule has 1 N–H and O–H groups in total. The molecule has 6 nitrogen and oxygen atoms in total. The van der Waals surface area contributed by atoms with E-state index in [4.69, 9.17) is 0 Å². The molecule has 1 fully saturated rings. The minimum absolute atomic E-state index is 0.00255. The molecule has 2 aromatic rings. The van der Waals surface area contributed by atoms with E-state index in [9.17, 15) is 9.59 Å². The van der Waals surface area contributed by atoms with Crippen LogP contribution in [-0.2, 0) is 11.3 Å². The number of hydrogen-bond acceptors (Lipinski definition) is 5. The van der Waals surface area contributed by atoms with Gasteiger partial charge in [-0.2, -0.15) is 0 Å². The van der Waals surface area contributed by atoms with Crippen molar-refractivity contribution in [3.05, 3.63) is 34.9 Å². The Labute approximate surface area is 157 Å². The highest BCUT2D eigenvalue weighted by Crippen LogP contribution is 2.29. The van der Waals surface area contributed by atoms with Gasteiger partial charge >= 0.3 is 0 Å². The van der Waals surface area contributed by atoms with Gasteiger partial charge in [0.05, 0.1) is 4.88 Å². The first-order valence-corrected chi connectivity index (χ1v) is 9.90.